The van der Waals surface area contributed by atoms with E-state index in [4.69, 9.17) is 10.5 Å². The van der Waals surface area contributed by atoms with Gasteiger partial charge in [-0.1, -0.05) is 0 Å². The molecule has 1 heterocycles. The van der Waals surface area contributed by atoms with Crippen molar-refractivity contribution in [2.75, 3.05) is 6.61 Å². The second-order valence-corrected chi connectivity index (χ2v) is 3.14. The number of aryl methyl sites for hydroxylation is 1. The lowest BCUT2D eigenvalue weighted by Crippen LogP contribution is -2.18. The minimum absolute atomic E-state index is 0.143. The Balaban J connectivity index is 2.60. The van der Waals surface area contributed by atoms with E-state index in [9.17, 15) is 4.79 Å². The summed E-state index contributed by atoms with van der Waals surface area (Å²) < 4.78 is 4.80. The van der Waals surface area contributed by atoms with Crippen LogP contribution in [0.3, 0.4) is 0 Å². The van der Waals surface area contributed by atoms with Crippen molar-refractivity contribution in [3.63, 3.8) is 0 Å². The lowest BCUT2D eigenvalue weighted by Gasteiger charge is -2.10. The molecule has 0 spiro atoms. The van der Waals surface area contributed by atoms with Gasteiger partial charge in [0.15, 0.2) is 0 Å². The van der Waals surface area contributed by atoms with Gasteiger partial charge in [0.2, 0.25) is 0 Å². The average molecular weight is 209 g/mol. The molecular formula is C10H15N3O2. The lowest BCUT2D eigenvalue weighted by atomic mass is 10.1. The van der Waals surface area contributed by atoms with Gasteiger partial charge in [0.25, 0.3) is 0 Å². The number of esters is 1. The maximum absolute atomic E-state index is 11.2. The number of ether oxygens (including phenoxy) is 1. The Morgan fingerprint density at radius 1 is 1.67 bits per heavy atom. The van der Waals surface area contributed by atoms with Gasteiger partial charge in [-0.2, -0.15) is 0 Å². The standard InChI is InChI=1S/C10H15N3O2/c1-3-15-10(14)6-8(11)9-4-5-12-7(2)13-9/h4-5,8H,3,6,11H2,1-2H3/t8-/m0/s1. The first-order chi connectivity index (χ1) is 7.13. The second-order valence-electron chi connectivity index (χ2n) is 3.14. The van der Waals surface area contributed by atoms with E-state index in [2.05, 4.69) is 9.97 Å². The zero-order chi connectivity index (χ0) is 11.3. The fraction of sp³-hybridized carbons (Fsp3) is 0.500. The van der Waals surface area contributed by atoms with Crippen molar-refractivity contribution in [2.45, 2.75) is 26.3 Å². The van der Waals surface area contributed by atoms with Crippen molar-refractivity contribution < 1.29 is 9.53 Å². The number of hydrogen-bond acceptors (Lipinski definition) is 5. The van der Waals surface area contributed by atoms with Gasteiger partial charge in [-0.15, -0.1) is 0 Å². The summed E-state index contributed by atoms with van der Waals surface area (Å²) >= 11 is 0. The first kappa shape index (κ1) is 11.6. The van der Waals surface area contributed by atoms with Crippen molar-refractivity contribution in [3.05, 3.63) is 23.8 Å². The maximum atomic E-state index is 11.2. The fourth-order valence-corrected chi connectivity index (χ4v) is 1.19. The predicted molar refractivity (Wildman–Crippen MR) is 54.9 cm³/mol. The molecule has 1 aromatic heterocycles. The molecule has 0 aliphatic rings. The molecule has 82 valence electrons. The number of rotatable bonds is 4. The van der Waals surface area contributed by atoms with E-state index in [1.54, 1.807) is 26.1 Å². The maximum Gasteiger partial charge on any atom is 0.307 e. The first-order valence-corrected chi connectivity index (χ1v) is 4.84. The molecule has 0 aliphatic carbocycles. The summed E-state index contributed by atoms with van der Waals surface area (Å²) in [6.45, 7) is 3.91. The van der Waals surface area contributed by atoms with Crippen LogP contribution in [0, 0.1) is 6.92 Å². The normalized spacial score (nSPS) is 12.2. The molecule has 0 aliphatic heterocycles. The Labute approximate surface area is 88.7 Å². The second kappa shape index (κ2) is 5.41. The Kier molecular flexibility index (Phi) is 4.17. The summed E-state index contributed by atoms with van der Waals surface area (Å²) in [4.78, 5) is 19.3. The Morgan fingerprint density at radius 3 is 3.00 bits per heavy atom. The molecule has 1 atom stereocenters. The van der Waals surface area contributed by atoms with E-state index in [0.717, 1.165) is 0 Å². The number of carbonyl (C=O) groups excluding carboxylic acids is 1. The number of nitrogens with two attached hydrogens (primary N) is 1. The van der Waals surface area contributed by atoms with E-state index in [-0.39, 0.29) is 12.4 Å². The van der Waals surface area contributed by atoms with Crippen LogP contribution in [-0.4, -0.2) is 22.5 Å². The highest BCUT2D eigenvalue weighted by Crippen LogP contribution is 2.11. The Morgan fingerprint density at radius 2 is 2.40 bits per heavy atom. The summed E-state index contributed by atoms with van der Waals surface area (Å²) in [6, 6.07) is 1.28. The average Bonchev–Trinajstić information content (AvgIpc) is 2.18. The molecule has 0 radical (unpaired) electrons. The van der Waals surface area contributed by atoms with Crippen molar-refractivity contribution in [1.82, 2.24) is 9.97 Å². The molecule has 0 fully saturated rings. The van der Waals surface area contributed by atoms with Gasteiger partial charge >= 0.3 is 5.97 Å². The highest BCUT2D eigenvalue weighted by molar-refractivity contribution is 5.70. The van der Waals surface area contributed by atoms with Crippen LogP contribution in [0.15, 0.2) is 12.3 Å². The van der Waals surface area contributed by atoms with E-state index in [1.807, 2.05) is 0 Å². The van der Waals surface area contributed by atoms with Crippen LogP contribution in [0.4, 0.5) is 0 Å². The minimum Gasteiger partial charge on any atom is -0.466 e. The van der Waals surface area contributed by atoms with Crippen molar-refractivity contribution in [1.29, 1.82) is 0 Å². The van der Waals surface area contributed by atoms with Gasteiger partial charge in [0.1, 0.15) is 5.82 Å². The molecule has 15 heavy (non-hydrogen) atoms. The highest BCUT2D eigenvalue weighted by Gasteiger charge is 2.13. The van der Waals surface area contributed by atoms with Crippen LogP contribution in [0.5, 0.6) is 0 Å². The van der Waals surface area contributed by atoms with Crippen LogP contribution in [-0.2, 0) is 9.53 Å². The molecular weight excluding hydrogens is 194 g/mol. The molecule has 0 unspecified atom stereocenters. The number of nitrogens with zero attached hydrogens (tertiary/aromatic N) is 2. The van der Waals surface area contributed by atoms with E-state index < -0.39 is 6.04 Å². The molecule has 0 saturated heterocycles. The summed E-state index contributed by atoms with van der Waals surface area (Å²) in [5.41, 5.74) is 6.47. The fourth-order valence-electron chi connectivity index (χ4n) is 1.19. The SMILES string of the molecule is CCOC(=O)C[C@H](N)c1ccnc(C)n1. The number of hydrogen-bond donors (Lipinski definition) is 1. The molecule has 5 heteroatoms. The number of carbonyl (C=O) groups is 1. The van der Waals surface area contributed by atoms with Crippen LogP contribution >= 0.6 is 0 Å². The topological polar surface area (TPSA) is 78.1 Å². The van der Waals surface area contributed by atoms with Gasteiger partial charge in [0, 0.05) is 6.20 Å². The monoisotopic (exact) mass is 209 g/mol. The summed E-state index contributed by atoms with van der Waals surface area (Å²) in [5.74, 6) is 0.341. The largest absolute Gasteiger partial charge is 0.466 e. The van der Waals surface area contributed by atoms with Gasteiger partial charge < -0.3 is 10.5 Å². The van der Waals surface area contributed by atoms with Crippen LogP contribution in [0.1, 0.15) is 30.9 Å². The van der Waals surface area contributed by atoms with E-state index >= 15 is 0 Å². The molecule has 0 aromatic carbocycles. The molecule has 0 amide bonds. The zero-order valence-electron chi connectivity index (χ0n) is 8.93. The Hall–Kier alpha value is -1.49. The lowest BCUT2D eigenvalue weighted by molar-refractivity contribution is -0.143. The minimum atomic E-state index is -0.425. The molecule has 2 N–H and O–H groups in total. The van der Waals surface area contributed by atoms with Gasteiger partial charge in [0.05, 0.1) is 24.8 Å². The molecule has 1 aromatic rings. The third-order valence-corrected chi connectivity index (χ3v) is 1.87. The van der Waals surface area contributed by atoms with Gasteiger partial charge in [-0.25, -0.2) is 9.97 Å². The quantitative estimate of drug-likeness (QED) is 0.740. The van der Waals surface area contributed by atoms with E-state index in [1.165, 1.54) is 0 Å². The Bertz CT molecular complexity index is 341. The van der Waals surface area contributed by atoms with Crippen LogP contribution in [0.2, 0.25) is 0 Å². The molecule has 1 rings (SSSR count). The van der Waals surface area contributed by atoms with Gasteiger partial charge in [-0.3, -0.25) is 4.79 Å². The van der Waals surface area contributed by atoms with Crippen LogP contribution < -0.4 is 5.73 Å². The van der Waals surface area contributed by atoms with Crippen molar-refractivity contribution in [3.8, 4) is 0 Å². The predicted octanol–water partition coefficient (Wildman–Crippen LogP) is 0.738. The summed E-state index contributed by atoms with van der Waals surface area (Å²) in [5, 5.41) is 0. The third kappa shape index (κ3) is 3.63. The number of aromatic nitrogens is 2. The smallest absolute Gasteiger partial charge is 0.307 e. The summed E-state index contributed by atoms with van der Waals surface area (Å²) in [7, 11) is 0. The third-order valence-electron chi connectivity index (χ3n) is 1.87. The van der Waals surface area contributed by atoms with Crippen molar-refractivity contribution in [2.24, 2.45) is 5.73 Å². The molecule has 0 bridgehead atoms. The van der Waals surface area contributed by atoms with Crippen molar-refractivity contribution >= 4 is 5.97 Å². The zero-order valence-corrected chi connectivity index (χ0v) is 8.93. The van der Waals surface area contributed by atoms with Gasteiger partial charge in [-0.05, 0) is 19.9 Å². The highest BCUT2D eigenvalue weighted by atomic mass is 16.5. The molecule has 0 saturated carbocycles. The van der Waals surface area contributed by atoms with Crippen LogP contribution in [0.25, 0.3) is 0 Å². The summed E-state index contributed by atoms with van der Waals surface area (Å²) in [6.07, 6.45) is 1.77. The van der Waals surface area contributed by atoms with E-state index in [0.29, 0.717) is 18.1 Å². The molecule has 5 nitrogen and oxygen atoms in total. The first-order valence-electron chi connectivity index (χ1n) is 4.84.